The Morgan fingerprint density at radius 1 is 1.10 bits per heavy atom. The maximum Gasteiger partial charge on any atom is 0.0969 e. The van der Waals surface area contributed by atoms with Gasteiger partial charge < -0.3 is 5.32 Å². The largest absolute Gasteiger partial charge is 0.304 e. The Morgan fingerprint density at radius 2 is 1.86 bits per heavy atom. The number of aromatic nitrogens is 4. The number of nitrogens with zero attached hydrogens (tertiary/aromatic N) is 4. The lowest BCUT2D eigenvalue weighted by Crippen LogP contribution is -2.18. The van der Waals surface area contributed by atoms with E-state index in [0.717, 1.165) is 11.4 Å². The highest BCUT2D eigenvalue weighted by Gasteiger charge is 2.07. The van der Waals surface area contributed by atoms with Gasteiger partial charge in [0.25, 0.3) is 0 Å². The van der Waals surface area contributed by atoms with Crippen molar-refractivity contribution in [2.24, 2.45) is 0 Å². The Hall–Kier alpha value is -2.53. The Bertz CT molecular complexity index is 678. The van der Waals surface area contributed by atoms with E-state index in [1.165, 1.54) is 5.56 Å². The predicted octanol–water partition coefficient (Wildman–Crippen LogP) is 2.51. The van der Waals surface area contributed by atoms with E-state index in [1.807, 2.05) is 42.5 Å². The minimum atomic E-state index is 0.245. The first-order chi connectivity index (χ1) is 10.3. The summed E-state index contributed by atoms with van der Waals surface area (Å²) in [5, 5.41) is 12.2. The SMILES string of the molecule is C[C@H](NCc1cnn(-c2ccccc2)n1)c1ccncc1. The topological polar surface area (TPSA) is 55.6 Å². The molecule has 0 aliphatic heterocycles. The Morgan fingerprint density at radius 3 is 2.62 bits per heavy atom. The van der Waals surface area contributed by atoms with Crippen LogP contribution in [0.25, 0.3) is 5.69 Å². The summed E-state index contributed by atoms with van der Waals surface area (Å²) in [5.74, 6) is 0. The van der Waals surface area contributed by atoms with Crippen molar-refractivity contribution < 1.29 is 0 Å². The lowest BCUT2D eigenvalue weighted by Gasteiger charge is -2.12. The first kappa shape index (κ1) is 13.5. The molecule has 0 bridgehead atoms. The number of para-hydroxylation sites is 1. The molecule has 0 radical (unpaired) electrons. The molecule has 1 atom stereocenters. The highest BCUT2D eigenvalue weighted by atomic mass is 15.5. The molecule has 1 aromatic carbocycles. The van der Waals surface area contributed by atoms with E-state index in [1.54, 1.807) is 23.4 Å². The van der Waals surface area contributed by atoms with Crippen LogP contribution in [0.4, 0.5) is 0 Å². The number of hydrogen-bond acceptors (Lipinski definition) is 4. The van der Waals surface area contributed by atoms with Gasteiger partial charge in [0.2, 0.25) is 0 Å². The van der Waals surface area contributed by atoms with Crippen molar-refractivity contribution in [2.75, 3.05) is 0 Å². The first-order valence-corrected chi connectivity index (χ1v) is 6.93. The van der Waals surface area contributed by atoms with Gasteiger partial charge in [-0.05, 0) is 36.8 Å². The van der Waals surface area contributed by atoms with E-state index in [4.69, 9.17) is 0 Å². The predicted molar refractivity (Wildman–Crippen MR) is 80.9 cm³/mol. The second kappa shape index (κ2) is 6.28. The molecule has 0 aliphatic carbocycles. The second-order valence-electron chi connectivity index (χ2n) is 4.84. The Balaban J connectivity index is 1.63. The summed E-state index contributed by atoms with van der Waals surface area (Å²) in [6, 6.07) is 14.2. The fourth-order valence-corrected chi connectivity index (χ4v) is 2.09. The van der Waals surface area contributed by atoms with Crippen LogP contribution in [0.2, 0.25) is 0 Å². The van der Waals surface area contributed by atoms with Crippen LogP contribution in [0.5, 0.6) is 0 Å². The average Bonchev–Trinajstić information content (AvgIpc) is 3.03. The molecule has 0 fully saturated rings. The zero-order chi connectivity index (χ0) is 14.5. The summed E-state index contributed by atoms with van der Waals surface area (Å²) in [4.78, 5) is 5.68. The van der Waals surface area contributed by atoms with Crippen molar-refractivity contribution >= 4 is 0 Å². The highest BCUT2D eigenvalue weighted by molar-refractivity contribution is 5.28. The first-order valence-electron chi connectivity index (χ1n) is 6.93. The van der Waals surface area contributed by atoms with Crippen LogP contribution in [0.15, 0.2) is 61.1 Å². The molecule has 21 heavy (non-hydrogen) atoms. The number of hydrogen-bond donors (Lipinski definition) is 1. The molecular weight excluding hydrogens is 262 g/mol. The van der Waals surface area contributed by atoms with Gasteiger partial charge in [0, 0.05) is 25.0 Å². The van der Waals surface area contributed by atoms with Crippen LogP contribution < -0.4 is 5.32 Å². The van der Waals surface area contributed by atoms with E-state index in [-0.39, 0.29) is 6.04 Å². The molecule has 1 N–H and O–H groups in total. The third-order valence-electron chi connectivity index (χ3n) is 3.32. The van der Waals surface area contributed by atoms with Crippen molar-refractivity contribution in [3.8, 4) is 5.69 Å². The van der Waals surface area contributed by atoms with Crippen molar-refractivity contribution in [3.63, 3.8) is 0 Å². The average molecular weight is 279 g/mol. The van der Waals surface area contributed by atoms with E-state index < -0.39 is 0 Å². The minimum absolute atomic E-state index is 0.245. The molecule has 2 aromatic heterocycles. The highest BCUT2D eigenvalue weighted by Crippen LogP contribution is 2.11. The third kappa shape index (κ3) is 3.32. The molecule has 0 aliphatic rings. The van der Waals surface area contributed by atoms with Gasteiger partial charge >= 0.3 is 0 Å². The van der Waals surface area contributed by atoms with Crippen LogP contribution in [0.1, 0.15) is 24.2 Å². The maximum atomic E-state index is 4.48. The van der Waals surface area contributed by atoms with E-state index in [9.17, 15) is 0 Å². The van der Waals surface area contributed by atoms with Crippen molar-refractivity contribution in [1.29, 1.82) is 0 Å². The summed E-state index contributed by atoms with van der Waals surface area (Å²) >= 11 is 0. The Kier molecular flexibility index (Phi) is 4.02. The number of nitrogens with one attached hydrogen (secondary N) is 1. The zero-order valence-electron chi connectivity index (χ0n) is 11.8. The van der Waals surface area contributed by atoms with Gasteiger partial charge in [0.05, 0.1) is 17.6 Å². The van der Waals surface area contributed by atoms with Crippen LogP contribution in [-0.2, 0) is 6.54 Å². The zero-order valence-corrected chi connectivity index (χ0v) is 11.8. The molecular formula is C16H17N5. The van der Waals surface area contributed by atoms with Gasteiger partial charge in [-0.25, -0.2) is 0 Å². The van der Waals surface area contributed by atoms with Gasteiger partial charge in [-0.15, -0.1) is 0 Å². The molecule has 0 saturated carbocycles. The Labute approximate surface area is 123 Å². The van der Waals surface area contributed by atoms with Gasteiger partial charge in [-0.2, -0.15) is 15.0 Å². The van der Waals surface area contributed by atoms with Gasteiger partial charge in [0.1, 0.15) is 0 Å². The lowest BCUT2D eigenvalue weighted by molar-refractivity contribution is 0.563. The van der Waals surface area contributed by atoms with Crippen LogP contribution in [0.3, 0.4) is 0 Å². The maximum absolute atomic E-state index is 4.48. The summed E-state index contributed by atoms with van der Waals surface area (Å²) in [5.41, 5.74) is 3.09. The molecule has 106 valence electrons. The van der Waals surface area contributed by atoms with Crippen molar-refractivity contribution in [2.45, 2.75) is 19.5 Å². The lowest BCUT2D eigenvalue weighted by atomic mass is 10.1. The molecule has 0 amide bonds. The standard InChI is InChI=1S/C16H17N5/c1-13(14-7-9-17-10-8-14)18-11-15-12-19-21(20-15)16-5-3-2-4-6-16/h2-10,12-13,18H,11H2,1H3/t13-/m0/s1. The molecule has 2 heterocycles. The van der Waals surface area contributed by atoms with Crippen molar-refractivity contribution in [1.82, 2.24) is 25.3 Å². The normalized spacial score (nSPS) is 12.2. The quantitative estimate of drug-likeness (QED) is 0.779. The molecule has 0 saturated heterocycles. The smallest absolute Gasteiger partial charge is 0.0969 e. The van der Waals surface area contributed by atoms with Gasteiger partial charge in [0.15, 0.2) is 0 Å². The fraction of sp³-hybridized carbons (Fsp3) is 0.188. The fourth-order valence-electron chi connectivity index (χ4n) is 2.09. The number of pyridine rings is 1. The molecule has 5 nitrogen and oxygen atoms in total. The van der Waals surface area contributed by atoms with E-state index in [2.05, 4.69) is 27.4 Å². The summed E-state index contributed by atoms with van der Waals surface area (Å²) in [6.45, 7) is 2.80. The van der Waals surface area contributed by atoms with E-state index >= 15 is 0 Å². The van der Waals surface area contributed by atoms with E-state index in [0.29, 0.717) is 6.54 Å². The van der Waals surface area contributed by atoms with Gasteiger partial charge in [-0.1, -0.05) is 18.2 Å². The molecule has 3 aromatic rings. The van der Waals surface area contributed by atoms with Crippen LogP contribution in [0, 0.1) is 0 Å². The summed E-state index contributed by atoms with van der Waals surface area (Å²) in [6.07, 6.45) is 5.40. The third-order valence-corrected chi connectivity index (χ3v) is 3.32. The second-order valence-corrected chi connectivity index (χ2v) is 4.84. The minimum Gasteiger partial charge on any atom is -0.304 e. The van der Waals surface area contributed by atoms with Gasteiger partial charge in [-0.3, -0.25) is 4.98 Å². The number of benzene rings is 1. The molecule has 3 rings (SSSR count). The number of rotatable bonds is 5. The van der Waals surface area contributed by atoms with Crippen LogP contribution in [-0.4, -0.2) is 20.0 Å². The summed E-state index contributed by atoms with van der Waals surface area (Å²) in [7, 11) is 0. The molecule has 0 spiro atoms. The van der Waals surface area contributed by atoms with Crippen LogP contribution >= 0.6 is 0 Å². The monoisotopic (exact) mass is 279 g/mol. The van der Waals surface area contributed by atoms with Crippen molar-refractivity contribution in [3.05, 3.63) is 72.3 Å². The molecule has 5 heteroatoms. The summed E-state index contributed by atoms with van der Waals surface area (Å²) < 4.78 is 0. The molecule has 0 unspecified atom stereocenters.